The number of aliphatic hydroxyl groups excluding tert-OH is 2. The lowest BCUT2D eigenvalue weighted by atomic mass is 9.76. The Morgan fingerprint density at radius 3 is 1.41 bits per heavy atom. The normalized spacial score (nSPS) is 31.5. The predicted molar refractivity (Wildman–Crippen MR) is 80.5 cm³/mol. The van der Waals surface area contributed by atoms with E-state index in [0.717, 1.165) is 0 Å². The first kappa shape index (κ1) is 19.2. The van der Waals surface area contributed by atoms with Gasteiger partial charge in [-0.3, -0.25) is 9.59 Å². The molecule has 1 heterocycles. The molecule has 1 fully saturated rings. The highest BCUT2D eigenvalue weighted by Crippen LogP contribution is 2.30. The molecule has 2 atom stereocenters. The first-order valence-corrected chi connectivity index (χ1v) is 7.69. The van der Waals surface area contributed by atoms with Crippen LogP contribution in [0.3, 0.4) is 0 Å². The molecule has 0 amide bonds. The molecule has 2 N–H and O–H groups in total. The van der Waals surface area contributed by atoms with Gasteiger partial charge in [-0.2, -0.15) is 0 Å². The van der Waals surface area contributed by atoms with E-state index in [2.05, 4.69) is 0 Å². The summed E-state index contributed by atoms with van der Waals surface area (Å²) in [4.78, 5) is 24.4. The van der Waals surface area contributed by atoms with Gasteiger partial charge in [-0.15, -0.1) is 0 Å². The molecule has 1 saturated heterocycles. The summed E-state index contributed by atoms with van der Waals surface area (Å²) in [7, 11) is 0. The summed E-state index contributed by atoms with van der Waals surface area (Å²) < 4.78 is 10.8. The maximum absolute atomic E-state index is 12.2. The fourth-order valence-corrected chi connectivity index (χ4v) is 2.25. The van der Waals surface area contributed by atoms with Crippen molar-refractivity contribution in [1.29, 1.82) is 0 Å². The Bertz CT molecular complexity index is 363. The Morgan fingerprint density at radius 2 is 1.09 bits per heavy atom. The second kappa shape index (κ2) is 7.64. The standard InChI is InChI=1S/C16H28O6/c1-15(2)5-7-21-9-10-22-8-6-16(3,4)14(20)12(18)11(17)13(15)19/h13-14,19-20H,5-10H2,1-4H3/t13-,14+. The van der Waals surface area contributed by atoms with Gasteiger partial charge in [0.2, 0.25) is 11.6 Å². The third kappa shape index (κ3) is 4.84. The number of ether oxygens (including phenoxy) is 2. The zero-order valence-corrected chi connectivity index (χ0v) is 13.9. The van der Waals surface area contributed by atoms with Crippen molar-refractivity contribution in [1.82, 2.24) is 0 Å². The first-order chi connectivity index (χ1) is 10.1. The highest BCUT2D eigenvalue weighted by molar-refractivity contribution is 6.40. The molecule has 6 nitrogen and oxygen atoms in total. The number of Topliss-reactive ketones (excluding diaryl/α,β-unsaturated/α-hetero) is 2. The molecule has 22 heavy (non-hydrogen) atoms. The summed E-state index contributed by atoms with van der Waals surface area (Å²) in [6.45, 7) is 8.40. The van der Waals surface area contributed by atoms with E-state index in [1.807, 2.05) is 0 Å². The van der Waals surface area contributed by atoms with Crippen molar-refractivity contribution >= 4 is 11.6 Å². The number of rotatable bonds is 0. The number of carbonyl (C=O) groups excluding carboxylic acids is 2. The van der Waals surface area contributed by atoms with Crippen LogP contribution in [0.4, 0.5) is 0 Å². The van der Waals surface area contributed by atoms with E-state index in [1.54, 1.807) is 27.7 Å². The van der Waals surface area contributed by atoms with Crippen LogP contribution in [0.15, 0.2) is 0 Å². The van der Waals surface area contributed by atoms with Crippen LogP contribution < -0.4 is 0 Å². The molecular weight excluding hydrogens is 288 g/mol. The quantitative estimate of drug-likeness (QED) is 0.640. The van der Waals surface area contributed by atoms with Crippen LogP contribution in [0.25, 0.3) is 0 Å². The molecule has 0 spiro atoms. The van der Waals surface area contributed by atoms with Crippen molar-refractivity contribution < 1.29 is 29.3 Å². The molecule has 0 aromatic heterocycles. The molecule has 0 aromatic carbocycles. The van der Waals surface area contributed by atoms with Crippen molar-refractivity contribution in [3.63, 3.8) is 0 Å². The number of aliphatic hydroxyl groups is 2. The Morgan fingerprint density at radius 1 is 0.773 bits per heavy atom. The molecule has 1 aliphatic rings. The van der Waals surface area contributed by atoms with Gasteiger partial charge >= 0.3 is 0 Å². The Labute approximate surface area is 131 Å². The molecule has 0 aliphatic carbocycles. The molecule has 0 aromatic rings. The Balaban J connectivity index is 2.94. The topological polar surface area (TPSA) is 93.1 Å². The van der Waals surface area contributed by atoms with Crippen LogP contribution in [0.5, 0.6) is 0 Å². The fraction of sp³-hybridized carbons (Fsp3) is 0.875. The summed E-state index contributed by atoms with van der Waals surface area (Å²) in [6.07, 6.45) is -2.05. The maximum Gasteiger partial charge on any atom is 0.230 e. The molecule has 1 rings (SSSR count). The molecule has 128 valence electrons. The second-order valence-electron chi connectivity index (χ2n) is 7.24. The van der Waals surface area contributed by atoms with Gasteiger partial charge in [-0.25, -0.2) is 0 Å². The van der Waals surface area contributed by atoms with Crippen LogP contribution in [0.1, 0.15) is 40.5 Å². The SMILES string of the molecule is CC1(C)CCOCCOCCC(C)(C)[C@@H](O)C(=O)C(=O)[C@H]1O. The van der Waals surface area contributed by atoms with Crippen LogP contribution in [-0.4, -0.2) is 60.4 Å². The summed E-state index contributed by atoms with van der Waals surface area (Å²) >= 11 is 0. The molecule has 0 unspecified atom stereocenters. The average molecular weight is 316 g/mol. The van der Waals surface area contributed by atoms with Gasteiger partial charge < -0.3 is 19.7 Å². The largest absolute Gasteiger partial charge is 0.384 e. The maximum atomic E-state index is 12.2. The smallest absolute Gasteiger partial charge is 0.230 e. The number of hydrogen-bond acceptors (Lipinski definition) is 6. The molecule has 6 heteroatoms. The zero-order valence-electron chi connectivity index (χ0n) is 13.9. The van der Waals surface area contributed by atoms with Gasteiger partial charge in [0.25, 0.3) is 0 Å². The van der Waals surface area contributed by atoms with Crippen LogP contribution in [0, 0.1) is 10.8 Å². The lowest BCUT2D eigenvalue weighted by molar-refractivity contribution is -0.154. The molecule has 0 radical (unpaired) electrons. The summed E-state index contributed by atoms with van der Waals surface area (Å²) in [6, 6.07) is 0. The Kier molecular flexibility index (Phi) is 6.67. The summed E-state index contributed by atoms with van der Waals surface area (Å²) in [5.41, 5.74) is -1.61. The van der Waals surface area contributed by atoms with Crippen LogP contribution in [0.2, 0.25) is 0 Å². The van der Waals surface area contributed by atoms with E-state index < -0.39 is 34.6 Å². The summed E-state index contributed by atoms with van der Waals surface area (Å²) in [5.74, 6) is -1.88. The van der Waals surface area contributed by atoms with Gasteiger partial charge in [-0.05, 0) is 12.8 Å². The molecule has 0 saturated carbocycles. The number of carbonyl (C=O) groups is 2. The highest BCUT2D eigenvalue weighted by atomic mass is 16.5. The van der Waals surface area contributed by atoms with Gasteiger partial charge in [0.1, 0.15) is 12.2 Å². The molecule has 0 bridgehead atoms. The van der Waals surface area contributed by atoms with Crippen LogP contribution >= 0.6 is 0 Å². The first-order valence-electron chi connectivity index (χ1n) is 7.69. The minimum atomic E-state index is -1.45. The third-order valence-corrected chi connectivity index (χ3v) is 4.37. The Hall–Kier alpha value is -0.820. The van der Waals surface area contributed by atoms with E-state index in [0.29, 0.717) is 39.3 Å². The van der Waals surface area contributed by atoms with Gasteiger partial charge in [0.05, 0.1) is 13.2 Å². The third-order valence-electron chi connectivity index (χ3n) is 4.37. The number of hydrogen-bond donors (Lipinski definition) is 2. The van der Waals surface area contributed by atoms with Gasteiger partial charge in [0, 0.05) is 24.0 Å². The highest BCUT2D eigenvalue weighted by Gasteiger charge is 2.42. The average Bonchev–Trinajstić information content (AvgIpc) is 2.45. The van der Waals surface area contributed by atoms with E-state index in [1.165, 1.54) is 0 Å². The van der Waals surface area contributed by atoms with Gasteiger partial charge in [-0.1, -0.05) is 27.7 Å². The van der Waals surface area contributed by atoms with Crippen molar-refractivity contribution in [3.05, 3.63) is 0 Å². The van der Waals surface area contributed by atoms with Gasteiger partial charge in [0.15, 0.2) is 0 Å². The fourth-order valence-electron chi connectivity index (χ4n) is 2.25. The van der Waals surface area contributed by atoms with Crippen molar-refractivity contribution in [2.75, 3.05) is 26.4 Å². The van der Waals surface area contributed by atoms with E-state index in [9.17, 15) is 19.8 Å². The molecular formula is C16H28O6. The lowest BCUT2D eigenvalue weighted by Crippen LogP contribution is -2.48. The minimum Gasteiger partial charge on any atom is -0.384 e. The monoisotopic (exact) mass is 316 g/mol. The van der Waals surface area contributed by atoms with Crippen molar-refractivity contribution in [3.8, 4) is 0 Å². The van der Waals surface area contributed by atoms with E-state index >= 15 is 0 Å². The van der Waals surface area contributed by atoms with E-state index in [-0.39, 0.29) is 0 Å². The van der Waals surface area contributed by atoms with Crippen molar-refractivity contribution in [2.45, 2.75) is 52.7 Å². The zero-order chi connectivity index (χ0) is 17.0. The lowest BCUT2D eigenvalue weighted by Gasteiger charge is -2.33. The minimum absolute atomic E-state index is 0.364. The van der Waals surface area contributed by atoms with Crippen molar-refractivity contribution in [2.24, 2.45) is 10.8 Å². The molecule has 1 aliphatic heterocycles. The number of ketones is 2. The van der Waals surface area contributed by atoms with Crippen LogP contribution in [-0.2, 0) is 19.1 Å². The summed E-state index contributed by atoms with van der Waals surface area (Å²) in [5, 5.41) is 20.4. The predicted octanol–water partition coefficient (Wildman–Crippen LogP) is 0.726. The second-order valence-corrected chi connectivity index (χ2v) is 7.24. The van der Waals surface area contributed by atoms with E-state index in [4.69, 9.17) is 9.47 Å².